The minimum absolute atomic E-state index is 0.224. The zero-order valence-electron chi connectivity index (χ0n) is 15.2. The van der Waals surface area contributed by atoms with Crippen LogP contribution in [0.1, 0.15) is 24.8 Å². The van der Waals surface area contributed by atoms with Gasteiger partial charge in [-0.05, 0) is 36.4 Å². The third-order valence-corrected chi connectivity index (χ3v) is 5.01. The van der Waals surface area contributed by atoms with Crippen molar-refractivity contribution in [2.24, 2.45) is 5.73 Å². The monoisotopic (exact) mass is 361 g/mol. The van der Waals surface area contributed by atoms with Crippen LogP contribution in [0.5, 0.6) is 0 Å². The molecule has 0 radical (unpaired) electrons. The van der Waals surface area contributed by atoms with Gasteiger partial charge in [0.25, 0.3) is 0 Å². The van der Waals surface area contributed by atoms with Gasteiger partial charge in [0.1, 0.15) is 0 Å². The fraction of sp³-hybridized carbons (Fsp3) is 0.286. The highest BCUT2D eigenvalue weighted by atomic mass is 16.1. The predicted octanol–water partition coefficient (Wildman–Crippen LogP) is 2.78. The van der Waals surface area contributed by atoms with E-state index in [9.17, 15) is 4.79 Å². The lowest BCUT2D eigenvalue weighted by atomic mass is 10.0. The highest BCUT2D eigenvalue weighted by Gasteiger charge is 2.15. The minimum Gasteiger partial charge on any atom is -0.370 e. The predicted molar refractivity (Wildman–Crippen MR) is 106 cm³/mol. The smallest absolute Gasteiger partial charge is 0.217 e. The fourth-order valence-electron chi connectivity index (χ4n) is 3.54. The summed E-state index contributed by atoms with van der Waals surface area (Å²) in [7, 11) is 0. The number of hydrogen-bond donors (Lipinski definition) is 1. The maximum Gasteiger partial charge on any atom is 0.217 e. The van der Waals surface area contributed by atoms with Crippen molar-refractivity contribution in [1.29, 1.82) is 0 Å². The van der Waals surface area contributed by atoms with Gasteiger partial charge in [-0.1, -0.05) is 30.3 Å². The maximum atomic E-state index is 10.9. The Kier molecular flexibility index (Phi) is 4.98. The molecule has 0 aliphatic carbocycles. The van der Waals surface area contributed by atoms with E-state index in [4.69, 9.17) is 5.73 Å². The summed E-state index contributed by atoms with van der Waals surface area (Å²) in [4.78, 5) is 17.7. The third kappa shape index (κ3) is 3.90. The number of carbonyl (C=O) groups is 1. The Bertz CT molecular complexity index is 986. The second kappa shape index (κ2) is 7.72. The lowest BCUT2D eigenvalue weighted by molar-refractivity contribution is -0.118. The van der Waals surface area contributed by atoms with Crippen molar-refractivity contribution in [3.63, 3.8) is 0 Å². The van der Waals surface area contributed by atoms with Crippen molar-refractivity contribution < 1.29 is 4.79 Å². The molecule has 6 nitrogen and oxygen atoms in total. The zero-order chi connectivity index (χ0) is 18.6. The molecule has 0 saturated carbocycles. The molecule has 0 fully saturated rings. The van der Waals surface area contributed by atoms with Gasteiger partial charge in [0.05, 0.1) is 6.20 Å². The molecule has 27 heavy (non-hydrogen) atoms. The van der Waals surface area contributed by atoms with Crippen LogP contribution in [0.15, 0.2) is 55.0 Å². The molecule has 138 valence electrons. The van der Waals surface area contributed by atoms with Gasteiger partial charge in [0.2, 0.25) is 5.91 Å². The van der Waals surface area contributed by atoms with Crippen molar-refractivity contribution in [3.05, 3.63) is 60.6 Å². The quantitative estimate of drug-likeness (QED) is 0.732. The van der Waals surface area contributed by atoms with E-state index in [1.165, 1.54) is 5.57 Å². The first-order chi connectivity index (χ1) is 13.2. The molecular weight excluding hydrogens is 338 g/mol. The second-order valence-corrected chi connectivity index (χ2v) is 6.88. The summed E-state index contributed by atoms with van der Waals surface area (Å²) >= 11 is 0. The highest BCUT2D eigenvalue weighted by molar-refractivity contribution is 5.88. The molecule has 1 aliphatic heterocycles. The van der Waals surface area contributed by atoms with Gasteiger partial charge in [-0.2, -0.15) is 5.10 Å². The van der Waals surface area contributed by atoms with E-state index < -0.39 is 0 Å². The van der Waals surface area contributed by atoms with Crippen LogP contribution in [0, 0.1) is 0 Å². The van der Waals surface area contributed by atoms with Gasteiger partial charge in [-0.15, -0.1) is 0 Å². The van der Waals surface area contributed by atoms with Crippen LogP contribution >= 0.6 is 0 Å². The molecule has 1 aliphatic rings. The van der Waals surface area contributed by atoms with Crippen molar-refractivity contribution in [1.82, 2.24) is 19.7 Å². The second-order valence-electron chi connectivity index (χ2n) is 6.88. The van der Waals surface area contributed by atoms with E-state index in [1.807, 2.05) is 35.3 Å². The fourth-order valence-corrected chi connectivity index (χ4v) is 3.54. The van der Waals surface area contributed by atoms with Gasteiger partial charge in [0.15, 0.2) is 5.82 Å². The van der Waals surface area contributed by atoms with Gasteiger partial charge in [-0.3, -0.25) is 9.69 Å². The molecule has 1 aromatic carbocycles. The number of benzene rings is 1. The largest absolute Gasteiger partial charge is 0.370 e. The average Bonchev–Trinajstić information content (AvgIpc) is 3.18. The van der Waals surface area contributed by atoms with Crippen LogP contribution in [0.2, 0.25) is 0 Å². The van der Waals surface area contributed by atoms with Crippen LogP contribution in [-0.4, -0.2) is 45.2 Å². The van der Waals surface area contributed by atoms with Crippen LogP contribution in [0.4, 0.5) is 0 Å². The van der Waals surface area contributed by atoms with Gasteiger partial charge >= 0.3 is 0 Å². The molecule has 0 unspecified atom stereocenters. The van der Waals surface area contributed by atoms with Crippen molar-refractivity contribution in [2.45, 2.75) is 19.3 Å². The number of aromatic nitrogens is 3. The molecule has 0 atom stereocenters. The van der Waals surface area contributed by atoms with Crippen molar-refractivity contribution in [2.75, 3.05) is 19.6 Å². The molecular formula is C21H23N5O. The van der Waals surface area contributed by atoms with E-state index in [1.54, 1.807) is 0 Å². The topological polar surface area (TPSA) is 77.0 Å². The lowest BCUT2D eigenvalue weighted by Gasteiger charge is -2.25. The first-order valence-electron chi connectivity index (χ1n) is 9.29. The number of hydrogen-bond acceptors (Lipinski definition) is 4. The Balaban J connectivity index is 1.48. The molecule has 4 rings (SSSR count). The number of primary amides is 1. The number of fused-ring (bicyclic) bond motifs is 1. The first kappa shape index (κ1) is 17.4. The summed E-state index contributed by atoms with van der Waals surface area (Å²) in [5.41, 5.74) is 7.66. The molecule has 3 heterocycles. The molecule has 6 heteroatoms. The molecule has 0 bridgehead atoms. The number of nitrogens with two attached hydrogens (primary N) is 1. The molecule has 0 saturated heterocycles. The first-order valence-corrected chi connectivity index (χ1v) is 9.29. The number of nitrogens with zero attached hydrogens (tertiary/aromatic N) is 4. The number of carbonyl (C=O) groups excluding carboxylic acids is 1. The Labute approximate surface area is 158 Å². The summed E-state index contributed by atoms with van der Waals surface area (Å²) in [6.45, 7) is 2.79. The number of pyridine rings is 1. The molecule has 3 aromatic rings. The Morgan fingerprint density at radius 2 is 2.11 bits per heavy atom. The average molecular weight is 361 g/mol. The van der Waals surface area contributed by atoms with Crippen molar-refractivity contribution in [3.8, 4) is 5.82 Å². The highest BCUT2D eigenvalue weighted by Crippen LogP contribution is 2.25. The normalized spacial score (nSPS) is 15.0. The summed E-state index contributed by atoms with van der Waals surface area (Å²) in [5.74, 6) is 0.626. The van der Waals surface area contributed by atoms with Crippen molar-refractivity contribution >= 4 is 22.3 Å². The van der Waals surface area contributed by atoms with Crippen LogP contribution in [0.25, 0.3) is 22.2 Å². The van der Waals surface area contributed by atoms with E-state index >= 15 is 0 Å². The van der Waals surface area contributed by atoms with E-state index in [0.717, 1.165) is 54.6 Å². The minimum atomic E-state index is -0.224. The maximum absolute atomic E-state index is 10.9. The van der Waals surface area contributed by atoms with Gasteiger partial charge in [-0.25, -0.2) is 9.67 Å². The van der Waals surface area contributed by atoms with Crippen LogP contribution < -0.4 is 5.73 Å². The summed E-state index contributed by atoms with van der Waals surface area (Å²) in [6, 6.07) is 10.2. The van der Waals surface area contributed by atoms with Gasteiger partial charge in [0, 0.05) is 42.9 Å². The molecule has 2 aromatic heterocycles. The van der Waals surface area contributed by atoms with E-state index in [0.29, 0.717) is 6.42 Å². The Morgan fingerprint density at radius 1 is 1.22 bits per heavy atom. The number of amides is 1. The third-order valence-electron chi connectivity index (χ3n) is 5.01. The molecule has 1 amide bonds. The van der Waals surface area contributed by atoms with Gasteiger partial charge < -0.3 is 5.73 Å². The molecule has 0 spiro atoms. The zero-order valence-corrected chi connectivity index (χ0v) is 15.2. The van der Waals surface area contributed by atoms with Crippen LogP contribution in [-0.2, 0) is 4.79 Å². The van der Waals surface area contributed by atoms with Crippen LogP contribution in [0.3, 0.4) is 0 Å². The Morgan fingerprint density at radius 3 is 2.93 bits per heavy atom. The standard InChI is InChI=1S/C21H23N5O/c22-20(27)6-3-11-25-12-8-16(9-13-25)18-14-24-26(15-18)21-19-5-2-1-4-17(19)7-10-23-21/h1-2,4-5,7-8,10,14-15H,3,6,9,11-13H2,(H2,22,27). The molecule has 2 N–H and O–H groups in total. The summed E-state index contributed by atoms with van der Waals surface area (Å²) < 4.78 is 1.86. The Hall–Kier alpha value is -2.99. The summed E-state index contributed by atoms with van der Waals surface area (Å²) in [5, 5.41) is 6.79. The SMILES string of the molecule is NC(=O)CCCN1CC=C(c2cnn(-c3nccc4ccccc34)c2)CC1. The number of rotatable bonds is 6. The van der Waals surface area contributed by atoms with E-state index in [2.05, 4.69) is 39.4 Å². The lowest BCUT2D eigenvalue weighted by Crippen LogP contribution is -2.30. The summed E-state index contributed by atoms with van der Waals surface area (Å²) in [6.07, 6.45) is 10.3. The van der Waals surface area contributed by atoms with E-state index in [-0.39, 0.29) is 5.91 Å².